The van der Waals surface area contributed by atoms with Crippen LogP contribution in [0.5, 0.6) is 0 Å². The SMILES string of the molecule is O=Cc1cc(NC(=O)C2C(c3ccc(F)c(C(F)(F)F)c3)C2(Cl)Cl)ccc1Cl. The summed E-state index contributed by atoms with van der Waals surface area (Å²) in [6.45, 7) is 0. The number of nitrogens with one attached hydrogen (secondary N) is 1. The summed E-state index contributed by atoms with van der Waals surface area (Å²) in [5.74, 6) is -4.13. The largest absolute Gasteiger partial charge is 0.419 e. The second kappa shape index (κ2) is 7.21. The highest BCUT2D eigenvalue weighted by atomic mass is 35.5. The molecule has 1 aliphatic rings. The molecule has 1 aliphatic carbocycles. The fraction of sp³-hybridized carbons (Fsp3) is 0.222. The lowest BCUT2D eigenvalue weighted by Crippen LogP contribution is -2.17. The standard InChI is InChI=1S/C18H10Cl3F4NO2/c19-12-3-2-10(5-9(12)7-27)26-16(28)15-14(17(15,20)21)8-1-4-13(22)11(6-8)18(23,24)25/h1-7,14-15H,(H,26,28). The molecule has 148 valence electrons. The van der Waals surface area contributed by atoms with Crippen LogP contribution in [0.15, 0.2) is 36.4 Å². The third kappa shape index (κ3) is 3.83. The van der Waals surface area contributed by atoms with Crippen molar-refractivity contribution in [1.29, 1.82) is 0 Å². The maximum atomic E-state index is 13.5. The minimum atomic E-state index is -4.90. The van der Waals surface area contributed by atoms with Crippen molar-refractivity contribution < 1.29 is 27.2 Å². The molecule has 2 aromatic carbocycles. The van der Waals surface area contributed by atoms with E-state index < -0.39 is 39.6 Å². The second-order valence-electron chi connectivity index (χ2n) is 6.21. The lowest BCUT2D eigenvalue weighted by atomic mass is 10.0. The Bertz CT molecular complexity index is 962. The number of halogens is 7. The van der Waals surface area contributed by atoms with Gasteiger partial charge in [-0.15, -0.1) is 23.2 Å². The molecule has 28 heavy (non-hydrogen) atoms. The Morgan fingerprint density at radius 1 is 1.14 bits per heavy atom. The van der Waals surface area contributed by atoms with Crippen molar-refractivity contribution in [3.05, 3.63) is 63.9 Å². The van der Waals surface area contributed by atoms with E-state index in [1.54, 1.807) is 0 Å². The Morgan fingerprint density at radius 3 is 2.43 bits per heavy atom. The van der Waals surface area contributed by atoms with Gasteiger partial charge in [0.25, 0.3) is 0 Å². The van der Waals surface area contributed by atoms with Crippen LogP contribution in [-0.2, 0) is 11.0 Å². The van der Waals surface area contributed by atoms with Gasteiger partial charge in [-0.3, -0.25) is 9.59 Å². The Labute approximate surface area is 171 Å². The smallest absolute Gasteiger partial charge is 0.326 e. The van der Waals surface area contributed by atoms with Gasteiger partial charge in [0.2, 0.25) is 5.91 Å². The lowest BCUT2D eigenvalue weighted by molar-refractivity contribution is -0.140. The molecule has 2 aromatic rings. The Hall–Kier alpha value is -1.83. The number of anilines is 1. The molecule has 0 saturated heterocycles. The van der Waals surface area contributed by atoms with Gasteiger partial charge in [-0.2, -0.15) is 13.2 Å². The molecule has 0 aromatic heterocycles. The molecule has 1 amide bonds. The molecule has 0 aliphatic heterocycles. The van der Waals surface area contributed by atoms with Crippen molar-refractivity contribution in [3.63, 3.8) is 0 Å². The quantitative estimate of drug-likeness (QED) is 0.359. The maximum absolute atomic E-state index is 13.5. The van der Waals surface area contributed by atoms with Crippen LogP contribution in [-0.4, -0.2) is 16.5 Å². The van der Waals surface area contributed by atoms with Crippen LogP contribution >= 0.6 is 34.8 Å². The first-order valence-electron chi connectivity index (χ1n) is 7.77. The van der Waals surface area contributed by atoms with E-state index >= 15 is 0 Å². The van der Waals surface area contributed by atoms with Crippen LogP contribution in [0.25, 0.3) is 0 Å². The van der Waals surface area contributed by atoms with E-state index in [0.717, 1.165) is 6.07 Å². The molecule has 2 atom stereocenters. The van der Waals surface area contributed by atoms with Crippen molar-refractivity contribution in [2.45, 2.75) is 16.4 Å². The van der Waals surface area contributed by atoms with Crippen molar-refractivity contribution in [2.75, 3.05) is 5.32 Å². The minimum Gasteiger partial charge on any atom is -0.326 e. The molecule has 1 saturated carbocycles. The number of hydrogen-bond donors (Lipinski definition) is 1. The van der Waals surface area contributed by atoms with Crippen LogP contribution in [0, 0.1) is 11.7 Å². The van der Waals surface area contributed by atoms with Crippen molar-refractivity contribution in [1.82, 2.24) is 0 Å². The molecule has 1 N–H and O–H groups in total. The average molecular weight is 455 g/mol. The molecule has 0 radical (unpaired) electrons. The predicted molar refractivity (Wildman–Crippen MR) is 97.5 cm³/mol. The van der Waals surface area contributed by atoms with Crippen molar-refractivity contribution in [3.8, 4) is 0 Å². The molecule has 1 fully saturated rings. The van der Waals surface area contributed by atoms with Gasteiger partial charge in [-0.05, 0) is 35.9 Å². The number of hydrogen-bond acceptors (Lipinski definition) is 2. The monoisotopic (exact) mass is 453 g/mol. The number of carbonyl (C=O) groups excluding carboxylic acids is 2. The van der Waals surface area contributed by atoms with Gasteiger partial charge < -0.3 is 5.32 Å². The highest BCUT2D eigenvalue weighted by Crippen LogP contribution is 2.65. The summed E-state index contributed by atoms with van der Waals surface area (Å²) in [7, 11) is 0. The summed E-state index contributed by atoms with van der Waals surface area (Å²) in [5.41, 5.74) is -1.10. The highest BCUT2D eigenvalue weighted by Gasteiger charge is 2.67. The number of amides is 1. The number of aldehydes is 1. The molecule has 3 nitrogen and oxygen atoms in total. The van der Waals surface area contributed by atoms with E-state index in [1.807, 2.05) is 0 Å². The van der Waals surface area contributed by atoms with E-state index in [2.05, 4.69) is 5.32 Å². The molecule has 2 unspecified atom stereocenters. The highest BCUT2D eigenvalue weighted by molar-refractivity contribution is 6.53. The molecule has 0 bridgehead atoms. The van der Waals surface area contributed by atoms with E-state index in [-0.39, 0.29) is 21.8 Å². The molecule has 10 heteroatoms. The zero-order chi connectivity index (χ0) is 20.9. The number of benzene rings is 2. The molecular weight excluding hydrogens is 445 g/mol. The summed E-state index contributed by atoms with van der Waals surface area (Å²) >= 11 is 18.0. The molecule has 0 spiro atoms. The van der Waals surface area contributed by atoms with E-state index in [9.17, 15) is 27.2 Å². The summed E-state index contributed by atoms with van der Waals surface area (Å²) < 4.78 is 50.6. The van der Waals surface area contributed by atoms with Gasteiger partial charge >= 0.3 is 6.18 Å². The summed E-state index contributed by atoms with van der Waals surface area (Å²) in [6, 6.07) is 6.53. The first kappa shape index (κ1) is 20.9. The fourth-order valence-corrected chi connectivity index (χ4v) is 3.94. The summed E-state index contributed by atoms with van der Waals surface area (Å²) in [4.78, 5) is 23.4. The van der Waals surface area contributed by atoms with Crippen molar-refractivity contribution in [2.24, 2.45) is 5.92 Å². The van der Waals surface area contributed by atoms with Crippen molar-refractivity contribution >= 4 is 52.7 Å². The Morgan fingerprint density at radius 2 is 1.82 bits per heavy atom. The van der Waals surface area contributed by atoms with Crippen LogP contribution in [0.2, 0.25) is 5.02 Å². The summed E-state index contributed by atoms with van der Waals surface area (Å²) in [5, 5.41) is 2.68. The van der Waals surface area contributed by atoms with E-state index in [4.69, 9.17) is 34.8 Å². The normalized spacial score (nSPS) is 20.5. The number of rotatable bonds is 4. The topological polar surface area (TPSA) is 46.2 Å². The van der Waals surface area contributed by atoms with Gasteiger partial charge in [-0.25, -0.2) is 4.39 Å². The first-order chi connectivity index (χ1) is 13.0. The van der Waals surface area contributed by atoms with Crippen LogP contribution < -0.4 is 5.32 Å². The van der Waals surface area contributed by atoms with Crippen LogP contribution in [0.4, 0.5) is 23.2 Å². The maximum Gasteiger partial charge on any atom is 0.419 e. The average Bonchev–Trinajstić information content (AvgIpc) is 3.18. The molecular formula is C18H10Cl3F4NO2. The minimum absolute atomic E-state index is 0.0106. The zero-order valence-corrected chi connectivity index (χ0v) is 15.9. The Kier molecular flexibility index (Phi) is 5.38. The first-order valence-corrected chi connectivity index (χ1v) is 8.90. The molecule has 3 rings (SSSR count). The van der Waals surface area contributed by atoms with E-state index in [0.29, 0.717) is 18.4 Å². The second-order valence-corrected chi connectivity index (χ2v) is 8.06. The zero-order valence-electron chi connectivity index (χ0n) is 13.7. The van der Waals surface area contributed by atoms with Crippen LogP contribution in [0.3, 0.4) is 0 Å². The predicted octanol–water partition coefficient (Wildman–Crippen LogP) is 5.84. The Balaban J connectivity index is 1.85. The summed E-state index contributed by atoms with van der Waals surface area (Å²) in [6.07, 6.45) is -4.40. The lowest BCUT2D eigenvalue weighted by Gasteiger charge is -2.10. The molecule has 0 heterocycles. The van der Waals surface area contributed by atoms with E-state index in [1.165, 1.54) is 18.2 Å². The number of alkyl halides is 5. The van der Waals surface area contributed by atoms with Gasteiger partial charge in [0.05, 0.1) is 16.5 Å². The van der Waals surface area contributed by atoms with Gasteiger partial charge in [0.1, 0.15) is 10.2 Å². The van der Waals surface area contributed by atoms with Gasteiger partial charge in [0.15, 0.2) is 6.29 Å². The number of carbonyl (C=O) groups is 2. The third-order valence-electron chi connectivity index (χ3n) is 4.38. The third-order valence-corrected chi connectivity index (χ3v) is 5.67. The van der Waals surface area contributed by atoms with Gasteiger partial charge in [0, 0.05) is 17.2 Å². The van der Waals surface area contributed by atoms with Gasteiger partial charge in [-0.1, -0.05) is 17.7 Å². The fourth-order valence-electron chi connectivity index (χ4n) is 2.95. The van der Waals surface area contributed by atoms with Crippen LogP contribution in [0.1, 0.15) is 27.4 Å².